The highest BCUT2D eigenvalue weighted by molar-refractivity contribution is 5.90. The van der Waals surface area contributed by atoms with E-state index in [1.54, 1.807) is 32.2 Å². The van der Waals surface area contributed by atoms with Gasteiger partial charge in [0.05, 0.1) is 0 Å². The van der Waals surface area contributed by atoms with E-state index >= 15 is 0 Å². The number of hydrogen-bond acceptors (Lipinski definition) is 4. The second-order valence-electron chi connectivity index (χ2n) is 8.56. The van der Waals surface area contributed by atoms with E-state index in [0.717, 1.165) is 22.0 Å². The molecular formula is C27H27FN4O3. The van der Waals surface area contributed by atoms with Gasteiger partial charge < -0.3 is 20.4 Å². The van der Waals surface area contributed by atoms with Crippen LogP contribution in [0.3, 0.4) is 0 Å². The molecule has 1 atom stereocenters. The van der Waals surface area contributed by atoms with Crippen molar-refractivity contribution >= 4 is 22.7 Å². The number of carbonyl (C=O) groups is 2. The topological polar surface area (TPSA) is 96.1 Å². The summed E-state index contributed by atoms with van der Waals surface area (Å²) in [6, 6.07) is 16.2. The highest BCUT2D eigenvalue weighted by Crippen LogP contribution is 2.21. The van der Waals surface area contributed by atoms with Crippen molar-refractivity contribution in [2.45, 2.75) is 32.9 Å². The molecule has 0 radical (unpaired) electrons. The molecule has 2 heterocycles. The number of rotatable bonds is 9. The van der Waals surface area contributed by atoms with Gasteiger partial charge in [-0.1, -0.05) is 32.0 Å². The zero-order valence-corrected chi connectivity index (χ0v) is 19.5. The van der Waals surface area contributed by atoms with Crippen LogP contribution in [-0.4, -0.2) is 27.8 Å². The van der Waals surface area contributed by atoms with Crippen molar-refractivity contribution in [2.75, 3.05) is 0 Å². The van der Waals surface area contributed by atoms with Gasteiger partial charge in [-0.2, -0.15) is 0 Å². The molecule has 0 aliphatic heterocycles. The molecule has 0 spiro atoms. The molecule has 1 unspecified atom stereocenters. The molecule has 7 nitrogen and oxygen atoms in total. The quantitative estimate of drug-likeness (QED) is 0.333. The maximum Gasteiger partial charge on any atom is 0.243 e. The van der Waals surface area contributed by atoms with E-state index in [-0.39, 0.29) is 30.1 Å². The summed E-state index contributed by atoms with van der Waals surface area (Å²) < 4.78 is 18.8. The van der Waals surface area contributed by atoms with Crippen LogP contribution >= 0.6 is 0 Å². The summed E-state index contributed by atoms with van der Waals surface area (Å²) in [5, 5.41) is 6.79. The maximum absolute atomic E-state index is 13.1. The molecule has 0 aliphatic rings. The SMILES string of the molecule is CC(C)C(=O)NC(Cc1c[nH]c2ccccc12)C(=O)NCc1ccnc(Oc2ccc(F)cc2)c1. The average molecular weight is 475 g/mol. The van der Waals surface area contributed by atoms with E-state index in [0.29, 0.717) is 18.1 Å². The third kappa shape index (κ3) is 6.23. The lowest BCUT2D eigenvalue weighted by Crippen LogP contribution is -2.48. The zero-order chi connectivity index (χ0) is 24.8. The van der Waals surface area contributed by atoms with Crippen LogP contribution in [0.4, 0.5) is 4.39 Å². The highest BCUT2D eigenvalue weighted by atomic mass is 19.1. The molecule has 180 valence electrons. The second-order valence-corrected chi connectivity index (χ2v) is 8.56. The molecule has 4 aromatic rings. The van der Waals surface area contributed by atoms with Crippen molar-refractivity contribution in [2.24, 2.45) is 5.92 Å². The number of ether oxygens (including phenoxy) is 1. The number of H-pyrrole nitrogens is 1. The van der Waals surface area contributed by atoms with E-state index < -0.39 is 6.04 Å². The number of nitrogens with one attached hydrogen (secondary N) is 3. The van der Waals surface area contributed by atoms with E-state index in [4.69, 9.17) is 4.74 Å². The van der Waals surface area contributed by atoms with Crippen molar-refractivity contribution in [1.82, 2.24) is 20.6 Å². The van der Waals surface area contributed by atoms with E-state index in [1.165, 1.54) is 24.3 Å². The zero-order valence-electron chi connectivity index (χ0n) is 19.5. The predicted molar refractivity (Wildman–Crippen MR) is 131 cm³/mol. The van der Waals surface area contributed by atoms with Crippen molar-refractivity contribution in [3.05, 3.63) is 90.0 Å². The second kappa shape index (κ2) is 10.8. The summed E-state index contributed by atoms with van der Waals surface area (Å²) in [5.74, 6) is -0.304. The highest BCUT2D eigenvalue weighted by Gasteiger charge is 2.23. The molecule has 0 saturated carbocycles. The van der Waals surface area contributed by atoms with Gasteiger partial charge in [0.15, 0.2) is 0 Å². The van der Waals surface area contributed by atoms with Crippen LogP contribution in [0.15, 0.2) is 73.1 Å². The summed E-state index contributed by atoms with van der Waals surface area (Å²) in [7, 11) is 0. The van der Waals surface area contributed by atoms with Gasteiger partial charge in [-0.3, -0.25) is 9.59 Å². The number of hydrogen-bond donors (Lipinski definition) is 3. The maximum atomic E-state index is 13.1. The van der Waals surface area contributed by atoms with Crippen LogP contribution in [0, 0.1) is 11.7 Å². The first-order valence-electron chi connectivity index (χ1n) is 11.4. The Morgan fingerprint density at radius 1 is 1.06 bits per heavy atom. The average Bonchev–Trinajstić information content (AvgIpc) is 3.26. The van der Waals surface area contributed by atoms with Gasteiger partial charge in [0, 0.05) is 48.2 Å². The van der Waals surface area contributed by atoms with E-state index in [1.807, 2.05) is 30.5 Å². The summed E-state index contributed by atoms with van der Waals surface area (Å²) in [6.07, 6.45) is 3.79. The van der Waals surface area contributed by atoms with Gasteiger partial charge in [0.2, 0.25) is 17.7 Å². The molecule has 4 rings (SSSR count). The van der Waals surface area contributed by atoms with E-state index in [9.17, 15) is 14.0 Å². The minimum atomic E-state index is -0.735. The predicted octanol–water partition coefficient (Wildman–Crippen LogP) is 4.49. The van der Waals surface area contributed by atoms with Gasteiger partial charge >= 0.3 is 0 Å². The standard InChI is InChI=1S/C27H27FN4O3/c1-17(2)26(33)32-24(14-19-16-30-23-6-4-3-5-22(19)23)27(34)31-15-18-11-12-29-25(13-18)35-21-9-7-20(28)8-10-21/h3-13,16-17,24,30H,14-15H2,1-2H3,(H,31,34)(H,32,33). The van der Waals surface area contributed by atoms with Gasteiger partial charge in [0.25, 0.3) is 0 Å². The number of fused-ring (bicyclic) bond motifs is 1. The van der Waals surface area contributed by atoms with Crippen molar-refractivity contribution in [3.63, 3.8) is 0 Å². The van der Waals surface area contributed by atoms with Crippen molar-refractivity contribution < 1.29 is 18.7 Å². The monoisotopic (exact) mass is 474 g/mol. The molecule has 0 saturated heterocycles. The number of aromatic nitrogens is 2. The number of aromatic amines is 1. The Hall–Kier alpha value is -4.20. The van der Waals surface area contributed by atoms with Crippen LogP contribution in [0.25, 0.3) is 10.9 Å². The van der Waals surface area contributed by atoms with Crippen LogP contribution in [-0.2, 0) is 22.6 Å². The first-order chi connectivity index (χ1) is 16.9. The van der Waals surface area contributed by atoms with Crippen LogP contribution in [0.1, 0.15) is 25.0 Å². The Morgan fingerprint density at radius 2 is 1.83 bits per heavy atom. The molecule has 2 aromatic carbocycles. The first-order valence-corrected chi connectivity index (χ1v) is 11.4. The Labute approximate surface area is 202 Å². The van der Waals surface area contributed by atoms with Crippen molar-refractivity contribution in [1.29, 1.82) is 0 Å². The summed E-state index contributed by atoms with van der Waals surface area (Å²) in [6.45, 7) is 3.80. The summed E-state index contributed by atoms with van der Waals surface area (Å²) >= 11 is 0. The largest absolute Gasteiger partial charge is 0.439 e. The lowest BCUT2D eigenvalue weighted by Gasteiger charge is -2.20. The molecule has 0 aliphatic carbocycles. The molecule has 0 fully saturated rings. The lowest BCUT2D eigenvalue weighted by molar-refractivity contribution is -0.130. The minimum Gasteiger partial charge on any atom is -0.439 e. The number of nitrogens with zero attached hydrogens (tertiary/aromatic N) is 1. The molecule has 0 bridgehead atoms. The third-order valence-corrected chi connectivity index (χ3v) is 5.56. The first kappa shape index (κ1) is 23.9. The molecule has 2 aromatic heterocycles. The lowest BCUT2D eigenvalue weighted by atomic mass is 10.0. The van der Waals surface area contributed by atoms with Crippen molar-refractivity contribution in [3.8, 4) is 11.6 Å². The molecular weight excluding hydrogens is 447 g/mol. The van der Waals surface area contributed by atoms with Gasteiger partial charge in [0.1, 0.15) is 17.6 Å². The number of para-hydroxylation sites is 1. The number of benzene rings is 2. The molecule has 8 heteroatoms. The van der Waals surface area contributed by atoms with Crippen LogP contribution in [0.2, 0.25) is 0 Å². The summed E-state index contributed by atoms with van der Waals surface area (Å²) in [4.78, 5) is 32.9. The number of halogens is 1. The van der Waals surface area contributed by atoms with Gasteiger partial charge in [-0.25, -0.2) is 9.37 Å². The fourth-order valence-electron chi connectivity index (χ4n) is 3.62. The Morgan fingerprint density at radius 3 is 2.60 bits per heavy atom. The van der Waals surface area contributed by atoms with Gasteiger partial charge in [-0.15, -0.1) is 0 Å². The normalized spacial score (nSPS) is 11.9. The Bertz CT molecular complexity index is 1320. The fourth-order valence-corrected chi connectivity index (χ4v) is 3.62. The number of carbonyl (C=O) groups excluding carboxylic acids is 2. The third-order valence-electron chi connectivity index (χ3n) is 5.56. The molecule has 2 amide bonds. The smallest absolute Gasteiger partial charge is 0.243 e. The minimum absolute atomic E-state index is 0.191. The Balaban J connectivity index is 1.44. The van der Waals surface area contributed by atoms with Gasteiger partial charge in [-0.05, 0) is 47.5 Å². The number of amides is 2. The van der Waals surface area contributed by atoms with Crippen LogP contribution in [0.5, 0.6) is 11.6 Å². The fraction of sp³-hybridized carbons (Fsp3) is 0.222. The molecule has 3 N–H and O–H groups in total. The van der Waals surface area contributed by atoms with Crippen LogP contribution < -0.4 is 15.4 Å². The van der Waals surface area contributed by atoms with E-state index in [2.05, 4.69) is 20.6 Å². The summed E-state index contributed by atoms with van der Waals surface area (Å²) in [5.41, 5.74) is 2.69. The Kier molecular flexibility index (Phi) is 7.40. The number of pyridine rings is 1. The molecule has 35 heavy (non-hydrogen) atoms.